The first-order valence-corrected chi connectivity index (χ1v) is 7.12. The van der Waals surface area contributed by atoms with E-state index in [1.807, 2.05) is 6.92 Å². The third kappa shape index (κ3) is 4.00. The summed E-state index contributed by atoms with van der Waals surface area (Å²) in [6, 6.07) is 3.31. The average Bonchev–Trinajstić information content (AvgIpc) is 2.45. The number of ether oxygens (including phenoxy) is 1. The number of hydrogen-bond donors (Lipinski definition) is 2. The second kappa shape index (κ2) is 6.98. The van der Waals surface area contributed by atoms with Crippen molar-refractivity contribution in [1.82, 2.24) is 15.0 Å². The molecule has 0 atom stereocenters. The molecule has 6 nitrogen and oxygen atoms in total. The Morgan fingerprint density at radius 2 is 1.67 bits per heavy atom. The predicted molar refractivity (Wildman–Crippen MR) is 85.3 cm³/mol. The molecule has 0 saturated heterocycles. The number of hydrogen-bond acceptors (Lipinski definition) is 6. The SMILES string of the molecule is CCNc1nc(Nc2cc(Cl)c(Cl)cc2Cl)nc(OC)n1. The van der Waals surface area contributed by atoms with Crippen molar-refractivity contribution in [3.05, 3.63) is 27.2 Å². The number of methoxy groups -OCH3 is 1. The summed E-state index contributed by atoms with van der Waals surface area (Å²) in [6.45, 7) is 2.60. The van der Waals surface area contributed by atoms with Crippen LogP contribution in [0.1, 0.15) is 6.92 Å². The fourth-order valence-corrected chi connectivity index (χ4v) is 2.07. The monoisotopic (exact) mass is 347 g/mol. The van der Waals surface area contributed by atoms with Gasteiger partial charge in [0, 0.05) is 6.54 Å². The number of anilines is 3. The van der Waals surface area contributed by atoms with Crippen molar-refractivity contribution < 1.29 is 4.74 Å². The smallest absolute Gasteiger partial charge is 0.322 e. The molecule has 0 fully saturated rings. The van der Waals surface area contributed by atoms with E-state index in [0.717, 1.165) is 0 Å². The predicted octanol–water partition coefficient (Wildman–Crippen LogP) is 4.02. The van der Waals surface area contributed by atoms with Gasteiger partial charge in [-0.15, -0.1) is 0 Å². The highest BCUT2D eigenvalue weighted by Gasteiger charge is 2.10. The molecule has 0 aliphatic heterocycles. The molecule has 0 amide bonds. The van der Waals surface area contributed by atoms with E-state index >= 15 is 0 Å². The Kier molecular flexibility index (Phi) is 5.27. The van der Waals surface area contributed by atoms with Gasteiger partial charge in [-0.2, -0.15) is 15.0 Å². The number of nitrogens with zero attached hydrogens (tertiary/aromatic N) is 3. The largest absolute Gasteiger partial charge is 0.467 e. The second-order valence-electron chi connectivity index (χ2n) is 3.87. The van der Waals surface area contributed by atoms with Crippen LogP contribution in [0, 0.1) is 0 Å². The first kappa shape index (κ1) is 15.9. The van der Waals surface area contributed by atoms with Gasteiger partial charge in [-0.3, -0.25) is 0 Å². The van der Waals surface area contributed by atoms with Gasteiger partial charge in [0.25, 0.3) is 0 Å². The Labute approximate surface area is 136 Å². The molecule has 2 rings (SSSR count). The Morgan fingerprint density at radius 1 is 1.00 bits per heavy atom. The minimum Gasteiger partial charge on any atom is -0.467 e. The van der Waals surface area contributed by atoms with E-state index in [9.17, 15) is 0 Å². The Hall–Kier alpha value is -1.50. The lowest BCUT2D eigenvalue weighted by Gasteiger charge is -2.10. The molecule has 0 unspecified atom stereocenters. The molecule has 0 bridgehead atoms. The lowest BCUT2D eigenvalue weighted by molar-refractivity contribution is 0.379. The zero-order chi connectivity index (χ0) is 15.4. The minimum atomic E-state index is 0.180. The van der Waals surface area contributed by atoms with Crippen LogP contribution in [0.2, 0.25) is 15.1 Å². The fraction of sp³-hybridized carbons (Fsp3) is 0.250. The molecule has 1 heterocycles. The van der Waals surface area contributed by atoms with Crippen molar-refractivity contribution in [3.8, 4) is 6.01 Å². The molecule has 0 aliphatic rings. The van der Waals surface area contributed by atoms with E-state index in [-0.39, 0.29) is 12.0 Å². The average molecular weight is 349 g/mol. The van der Waals surface area contributed by atoms with Crippen LogP contribution in [0.15, 0.2) is 12.1 Å². The third-order valence-corrected chi connectivity index (χ3v) is 3.42. The molecule has 2 N–H and O–H groups in total. The first-order chi connectivity index (χ1) is 10.0. The van der Waals surface area contributed by atoms with Crippen molar-refractivity contribution >= 4 is 52.4 Å². The number of aromatic nitrogens is 3. The standard InChI is InChI=1S/C12H12Cl3N5O/c1-3-16-10-18-11(20-12(19-10)21-2)17-9-5-7(14)6(13)4-8(9)15/h4-5H,3H2,1-2H3,(H2,16,17,18,19,20). The molecule has 21 heavy (non-hydrogen) atoms. The minimum absolute atomic E-state index is 0.180. The van der Waals surface area contributed by atoms with Crippen LogP contribution in [0.4, 0.5) is 17.6 Å². The maximum Gasteiger partial charge on any atom is 0.322 e. The van der Waals surface area contributed by atoms with E-state index in [2.05, 4.69) is 25.6 Å². The zero-order valence-corrected chi connectivity index (χ0v) is 13.5. The lowest BCUT2D eigenvalue weighted by Crippen LogP contribution is -2.08. The Bertz CT molecular complexity index is 653. The maximum atomic E-state index is 6.10. The zero-order valence-electron chi connectivity index (χ0n) is 11.2. The van der Waals surface area contributed by atoms with Crippen molar-refractivity contribution in [3.63, 3.8) is 0 Å². The quantitative estimate of drug-likeness (QED) is 0.795. The number of rotatable bonds is 5. The van der Waals surface area contributed by atoms with Crippen LogP contribution >= 0.6 is 34.8 Å². The fourth-order valence-electron chi connectivity index (χ4n) is 1.48. The van der Waals surface area contributed by atoms with Crippen molar-refractivity contribution in [1.29, 1.82) is 0 Å². The normalized spacial score (nSPS) is 10.3. The lowest BCUT2D eigenvalue weighted by atomic mass is 10.3. The van der Waals surface area contributed by atoms with Crippen LogP contribution in [-0.4, -0.2) is 28.6 Å². The Balaban J connectivity index is 2.34. The van der Waals surface area contributed by atoms with Gasteiger partial charge in [0.1, 0.15) is 0 Å². The number of nitrogens with one attached hydrogen (secondary N) is 2. The van der Waals surface area contributed by atoms with Gasteiger partial charge in [-0.05, 0) is 19.1 Å². The highest BCUT2D eigenvalue weighted by molar-refractivity contribution is 6.44. The van der Waals surface area contributed by atoms with E-state index in [4.69, 9.17) is 39.5 Å². The Morgan fingerprint density at radius 3 is 2.33 bits per heavy atom. The van der Waals surface area contributed by atoms with Gasteiger partial charge in [0.15, 0.2) is 0 Å². The summed E-state index contributed by atoms with van der Waals surface area (Å²) in [4.78, 5) is 12.4. The first-order valence-electron chi connectivity index (χ1n) is 5.99. The van der Waals surface area contributed by atoms with E-state index in [1.165, 1.54) is 13.2 Å². The molecular weight excluding hydrogens is 337 g/mol. The van der Waals surface area contributed by atoms with Crippen LogP contribution in [0.5, 0.6) is 6.01 Å². The van der Waals surface area contributed by atoms with Crippen LogP contribution in [0.3, 0.4) is 0 Å². The van der Waals surface area contributed by atoms with Gasteiger partial charge < -0.3 is 15.4 Å². The van der Waals surface area contributed by atoms with E-state index < -0.39 is 0 Å². The molecule has 112 valence electrons. The molecule has 0 radical (unpaired) electrons. The summed E-state index contributed by atoms with van der Waals surface area (Å²) in [7, 11) is 1.47. The summed E-state index contributed by atoms with van der Waals surface area (Å²) in [5, 5.41) is 7.08. The molecular formula is C12H12Cl3N5O. The highest BCUT2D eigenvalue weighted by Crippen LogP contribution is 2.33. The summed E-state index contributed by atoms with van der Waals surface area (Å²) in [6.07, 6.45) is 0. The van der Waals surface area contributed by atoms with Gasteiger partial charge in [0.2, 0.25) is 11.9 Å². The molecule has 0 aliphatic carbocycles. The van der Waals surface area contributed by atoms with Gasteiger partial charge >= 0.3 is 6.01 Å². The molecule has 2 aromatic rings. The van der Waals surface area contributed by atoms with E-state index in [0.29, 0.717) is 33.2 Å². The van der Waals surface area contributed by atoms with Crippen molar-refractivity contribution in [2.45, 2.75) is 6.92 Å². The summed E-state index contributed by atoms with van der Waals surface area (Å²) in [5.41, 5.74) is 0.529. The van der Waals surface area contributed by atoms with Gasteiger partial charge in [0.05, 0.1) is 27.9 Å². The summed E-state index contributed by atoms with van der Waals surface area (Å²) in [5.74, 6) is 0.668. The van der Waals surface area contributed by atoms with Gasteiger partial charge in [-0.25, -0.2) is 0 Å². The van der Waals surface area contributed by atoms with E-state index in [1.54, 1.807) is 6.07 Å². The maximum absolute atomic E-state index is 6.10. The summed E-state index contributed by atoms with van der Waals surface area (Å²) >= 11 is 18.0. The van der Waals surface area contributed by atoms with Crippen LogP contribution in [-0.2, 0) is 0 Å². The van der Waals surface area contributed by atoms with Crippen molar-refractivity contribution in [2.75, 3.05) is 24.3 Å². The summed E-state index contributed by atoms with van der Waals surface area (Å²) < 4.78 is 5.03. The topological polar surface area (TPSA) is 72.0 Å². The molecule has 0 saturated carbocycles. The molecule has 0 spiro atoms. The van der Waals surface area contributed by atoms with Crippen molar-refractivity contribution in [2.24, 2.45) is 0 Å². The number of halogens is 3. The highest BCUT2D eigenvalue weighted by atomic mass is 35.5. The molecule has 1 aromatic heterocycles. The van der Waals surface area contributed by atoms with Crippen LogP contribution < -0.4 is 15.4 Å². The van der Waals surface area contributed by atoms with Crippen LogP contribution in [0.25, 0.3) is 0 Å². The molecule has 9 heteroatoms. The second-order valence-corrected chi connectivity index (χ2v) is 5.09. The molecule has 1 aromatic carbocycles. The third-order valence-electron chi connectivity index (χ3n) is 2.39. The number of benzene rings is 1. The van der Waals surface area contributed by atoms with Gasteiger partial charge in [-0.1, -0.05) is 34.8 Å².